The Labute approximate surface area is 153 Å². The summed E-state index contributed by atoms with van der Waals surface area (Å²) in [5.41, 5.74) is 4.27. The molecule has 2 aromatic carbocycles. The molecule has 0 bridgehead atoms. The number of hydrogen-bond donors (Lipinski definition) is 1. The average molecular weight is 343 g/mol. The maximum Gasteiger partial charge on any atom is 0.322 e. The van der Waals surface area contributed by atoms with E-state index in [-0.39, 0.29) is 12.1 Å². The van der Waals surface area contributed by atoms with E-state index in [4.69, 9.17) is 0 Å². The Morgan fingerprint density at radius 1 is 0.923 bits per heavy atom. The highest BCUT2D eigenvalue weighted by atomic mass is 16.2. The molecule has 0 spiro atoms. The number of nitrogens with one attached hydrogen (secondary N) is 1. The highest BCUT2D eigenvalue weighted by Crippen LogP contribution is 2.32. The van der Waals surface area contributed by atoms with Crippen molar-refractivity contribution in [2.75, 3.05) is 11.9 Å². The first-order valence-corrected chi connectivity index (χ1v) is 8.94. The van der Waals surface area contributed by atoms with E-state index in [2.05, 4.69) is 22.4 Å². The summed E-state index contributed by atoms with van der Waals surface area (Å²) >= 11 is 0. The van der Waals surface area contributed by atoms with Crippen molar-refractivity contribution < 1.29 is 4.79 Å². The van der Waals surface area contributed by atoms with Gasteiger partial charge >= 0.3 is 6.03 Å². The van der Waals surface area contributed by atoms with Gasteiger partial charge in [0, 0.05) is 24.6 Å². The molecule has 26 heavy (non-hydrogen) atoms. The molecule has 1 atom stereocenters. The standard InChI is InChI=1S/C22H21N3O/c26-22(25-16-4-7-21(25)19-12-14-23-15-13-19)24-20-10-8-18(9-11-20)17-5-2-1-3-6-17/h1-3,5-6,8-15,21H,4,7,16H2,(H,24,26). The molecule has 1 unspecified atom stereocenters. The number of carbonyl (C=O) groups excluding carboxylic acids is 1. The van der Waals surface area contributed by atoms with Crippen LogP contribution in [0.4, 0.5) is 10.5 Å². The highest BCUT2D eigenvalue weighted by molar-refractivity contribution is 5.90. The molecule has 4 nitrogen and oxygen atoms in total. The second kappa shape index (κ2) is 7.40. The van der Waals surface area contributed by atoms with Gasteiger partial charge < -0.3 is 10.2 Å². The normalized spacial score (nSPS) is 16.5. The second-order valence-electron chi connectivity index (χ2n) is 6.51. The maximum absolute atomic E-state index is 12.8. The van der Waals surface area contributed by atoms with Crippen LogP contribution < -0.4 is 5.32 Å². The molecule has 0 radical (unpaired) electrons. The Kier molecular flexibility index (Phi) is 4.65. The van der Waals surface area contributed by atoms with Gasteiger partial charge in [-0.05, 0) is 53.8 Å². The topological polar surface area (TPSA) is 45.2 Å². The van der Waals surface area contributed by atoms with Gasteiger partial charge in [-0.3, -0.25) is 4.98 Å². The van der Waals surface area contributed by atoms with Gasteiger partial charge in [-0.25, -0.2) is 4.79 Å². The van der Waals surface area contributed by atoms with E-state index >= 15 is 0 Å². The number of pyridine rings is 1. The Morgan fingerprint density at radius 2 is 1.62 bits per heavy atom. The number of urea groups is 1. The summed E-state index contributed by atoms with van der Waals surface area (Å²) in [5, 5.41) is 3.03. The first-order chi connectivity index (χ1) is 12.8. The summed E-state index contributed by atoms with van der Waals surface area (Å²) in [6.07, 6.45) is 5.58. The Balaban J connectivity index is 1.46. The van der Waals surface area contributed by atoms with Gasteiger partial charge in [0.15, 0.2) is 0 Å². The van der Waals surface area contributed by atoms with Crippen molar-refractivity contribution in [2.24, 2.45) is 0 Å². The summed E-state index contributed by atoms with van der Waals surface area (Å²) in [4.78, 5) is 18.7. The first-order valence-electron chi connectivity index (χ1n) is 8.94. The third-order valence-electron chi connectivity index (χ3n) is 4.85. The van der Waals surface area contributed by atoms with E-state index in [9.17, 15) is 4.79 Å². The average Bonchev–Trinajstić information content (AvgIpc) is 3.20. The summed E-state index contributed by atoms with van der Waals surface area (Å²) in [7, 11) is 0. The number of rotatable bonds is 3. The smallest absolute Gasteiger partial charge is 0.317 e. The van der Waals surface area contributed by atoms with Gasteiger partial charge in [-0.1, -0.05) is 42.5 Å². The zero-order chi connectivity index (χ0) is 17.8. The number of anilines is 1. The van der Waals surface area contributed by atoms with Crippen LogP contribution in [0.1, 0.15) is 24.4 Å². The molecule has 130 valence electrons. The van der Waals surface area contributed by atoms with Crippen LogP contribution in [0.3, 0.4) is 0 Å². The van der Waals surface area contributed by atoms with Gasteiger partial charge in [0.25, 0.3) is 0 Å². The molecule has 4 heteroatoms. The largest absolute Gasteiger partial charge is 0.322 e. The van der Waals surface area contributed by atoms with Crippen LogP contribution >= 0.6 is 0 Å². The van der Waals surface area contributed by atoms with Crippen molar-refractivity contribution in [2.45, 2.75) is 18.9 Å². The fraction of sp³-hybridized carbons (Fsp3) is 0.182. The number of hydrogen-bond acceptors (Lipinski definition) is 2. The molecule has 2 heterocycles. The van der Waals surface area contributed by atoms with Crippen LogP contribution in [-0.2, 0) is 0 Å². The third-order valence-corrected chi connectivity index (χ3v) is 4.85. The van der Waals surface area contributed by atoms with Gasteiger partial charge in [-0.15, -0.1) is 0 Å². The molecule has 4 rings (SSSR count). The lowest BCUT2D eigenvalue weighted by Gasteiger charge is -2.25. The predicted octanol–water partition coefficient (Wildman–Crippen LogP) is 5.12. The lowest BCUT2D eigenvalue weighted by Crippen LogP contribution is -2.34. The van der Waals surface area contributed by atoms with E-state index in [0.717, 1.165) is 36.2 Å². The third kappa shape index (κ3) is 3.45. The Morgan fingerprint density at radius 3 is 2.35 bits per heavy atom. The highest BCUT2D eigenvalue weighted by Gasteiger charge is 2.29. The lowest BCUT2D eigenvalue weighted by atomic mass is 10.1. The molecule has 0 aliphatic carbocycles. The Hall–Kier alpha value is -3.14. The molecule has 1 fully saturated rings. The molecule has 0 saturated carbocycles. The van der Waals surface area contributed by atoms with E-state index < -0.39 is 0 Å². The number of carbonyl (C=O) groups is 1. The van der Waals surface area contributed by atoms with E-state index in [0.29, 0.717) is 0 Å². The molecular formula is C22H21N3O. The summed E-state index contributed by atoms with van der Waals surface area (Å²) in [5.74, 6) is 0. The fourth-order valence-corrected chi connectivity index (χ4v) is 3.51. The maximum atomic E-state index is 12.8. The number of likely N-dealkylation sites (tertiary alicyclic amines) is 1. The fourth-order valence-electron chi connectivity index (χ4n) is 3.51. The van der Waals surface area contributed by atoms with Crippen molar-refractivity contribution in [3.63, 3.8) is 0 Å². The monoisotopic (exact) mass is 343 g/mol. The molecule has 1 saturated heterocycles. The molecule has 1 N–H and O–H groups in total. The second-order valence-corrected chi connectivity index (χ2v) is 6.51. The lowest BCUT2D eigenvalue weighted by molar-refractivity contribution is 0.207. The number of nitrogens with zero attached hydrogens (tertiary/aromatic N) is 2. The van der Waals surface area contributed by atoms with Gasteiger partial charge in [0.1, 0.15) is 0 Å². The SMILES string of the molecule is O=C(Nc1ccc(-c2ccccc2)cc1)N1CCCC1c1ccncc1. The quantitative estimate of drug-likeness (QED) is 0.717. The minimum absolute atomic E-state index is 0.0447. The van der Waals surface area contributed by atoms with Crippen LogP contribution in [0, 0.1) is 0 Å². The molecule has 1 aromatic heterocycles. The molecular weight excluding hydrogens is 322 g/mol. The minimum atomic E-state index is -0.0447. The Bertz CT molecular complexity index is 863. The van der Waals surface area contributed by atoms with Crippen molar-refractivity contribution in [3.05, 3.63) is 84.7 Å². The zero-order valence-corrected chi connectivity index (χ0v) is 14.5. The molecule has 2 amide bonds. The van der Waals surface area contributed by atoms with Gasteiger partial charge in [0.05, 0.1) is 6.04 Å². The molecule has 1 aliphatic heterocycles. The van der Waals surface area contributed by atoms with E-state index in [1.165, 1.54) is 5.56 Å². The van der Waals surface area contributed by atoms with Crippen molar-refractivity contribution in [1.29, 1.82) is 0 Å². The summed E-state index contributed by atoms with van der Waals surface area (Å²) in [6, 6.07) is 22.3. The van der Waals surface area contributed by atoms with E-state index in [1.54, 1.807) is 12.4 Å². The molecule has 1 aliphatic rings. The summed E-state index contributed by atoms with van der Waals surface area (Å²) in [6.45, 7) is 0.779. The first kappa shape index (κ1) is 16.3. The van der Waals surface area contributed by atoms with Crippen LogP contribution in [0.2, 0.25) is 0 Å². The van der Waals surface area contributed by atoms with Crippen LogP contribution in [0.25, 0.3) is 11.1 Å². The van der Waals surface area contributed by atoms with Gasteiger partial charge in [0.2, 0.25) is 0 Å². The molecule has 3 aromatic rings. The van der Waals surface area contributed by atoms with E-state index in [1.807, 2.05) is 59.5 Å². The predicted molar refractivity (Wildman–Crippen MR) is 104 cm³/mol. The number of benzene rings is 2. The van der Waals surface area contributed by atoms with Crippen LogP contribution in [0.5, 0.6) is 0 Å². The summed E-state index contributed by atoms with van der Waals surface area (Å²) < 4.78 is 0. The van der Waals surface area contributed by atoms with Crippen LogP contribution in [-0.4, -0.2) is 22.5 Å². The van der Waals surface area contributed by atoms with Crippen LogP contribution in [0.15, 0.2) is 79.1 Å². The van der Waals surface area contributed by atoms with Gasteiger partial charge in [-0.2, -0.15) is 0 Å². The van der Waals surface area contributed by atoms with Crippen molar-refractivity contribution in [1.82, 2.24) is 9.88 Å². The number of aromatic nitrogens is 1. The zero-order valence-electron chi connectivity index (χ0n) is 14.5. The number of amides is 2. The minimum Gasteiger partial charge on any atom is -0.317 e. The van der Waals surface area contributed by atoms with Crippen molar-refractivity contribution >= 4 is 11.7 Å². The van der Waals surface area contributed by atoms with Crippen molar-refractivity contribution in [3.8, 4) is 11.1 Å².